The number of aromatic nitrogens is 1. The second-order valence-corrected chi connectivity index (χ2v) is 6.89. The van der Waals surface area contributed by atoms with E-state index < -0.39 is 0 Å². The van der Waals surface area contributed by atoms with Crippen molar-refractivity contribution < 1.29 is 9.13 Å². The third-order valence-electron chi connectivity index (χ3n) is 5.21. The summed E-state index contributed by atoms with van der Waals surface area (Å²) in [7, 11) is 0. The number of rotatable bonds is 2. The maximum absolute atomic E-state index is 13.5. The molecule has 5 heteroatoms. The van der Waals surface area contributed by atoms with Gasteiger partial charge in [-0.15, -0.1) is 0 Å². The number of halogens is 1. The lowest BCUT2D eigenvalue weighted by atomic mass is 9.91. The zero-order chi connectivity index (χ0) is 19.8. The van der Waals surface area contributed by atoms with E-state index in [0.717, 1.165) is 39.5 Å². The molecule has 140 valence electrons. The number of nitrogens with zero attached hydrogens (tertiary/aromatic N) is 3. The standard InChI is InChI=1S/C24H16FN3O/c25-18-7-9-19(10-8-18)28-14-17(20-5-2-1-4-16(20)13-26)12-21-22(28)15-29-23-6-3-11-27-24(21)23/h1-12H,14-15H2. The summed E-state index contributed by atoms with van der Waals surface area (Å²) in [5, 5.41) is 9.58. The Morgan fingerprint density at radius 3 is 2.69 bits per heavy atom. The number of nitriles is 1. The van der Waals surface area contributed by atoms with Crippen molar-refractivity contribution in [3.05, 3.63) is 101 Å². The molecule has 0 radical (unpaired) electrons. The van der Waals surface area contributed by atoms with Gasteiger partial charge in [0.1, 0.15) is 23.9 Å². The lowest BCUT2D eigenvalue weighted by molar-refractivity contribution is 0.340. The number of allylic oxidation sites excluding steroid dienone is 2. The van der Waals surface area contributed by atoms with Crippen LogP contribution < -0.4 is 9.64 Å². The van der Waals surface area contributed by atoms with Gasteiger partial charge in [-0.2, -0.15) is 5.26 Å². The van der Waals surface area contributed by atoms with Crippen LogP contribution in [0.15, 0.2) is 78.6 Å². The van der Waals surface area contributed by atoms with Crippen LogP contribution in [0.4, 0.5) is 10.1 Å². The van der Waals surface area contributed by atoms with Crippen molar-refractivity contribution in [1.82, 2.24) is 4.98 Å². The number of hydrogen-bond acceptors (Lipinski definition) is 4. The van der Waals surface area contributed by atoms with Crippen LogP contribution in [0.25, 0.3) is 11.1 Å². The van der Waals surface area contributed by atoms with Gasteiger partial charge in [-0.3, -0.25) is 4.98 Å². The van der Waals surface area contributed by atoms with E-state index in [2.05, 4.69) is 22.0 Å². The third kappa shape index (κ3) is 2.95. The third-order valence-corrected chi connectivity index (χ3v) is 5.21. The molecule has 0 spiro atoms. The van der Waals surface area contributed by atoms with Crippen LogP contribution in [0.3, 0.4) is 0 Å². The van der Waals surface area contributed by atoms with Gasteiger partial charge in [0.2, 0.25) is 0 Å². The van der Waals surface area contributed by atoms with Gasteiger partial charge in [-0.25, -0.2) is 4.39 Å². The van der Waals surface area contributed by atoms with E-state index in [1.165, 1.54) is 12.1 Å². The second kappa shape index (κ2) is 6.92. The summed E-state index contributed by atoms with van der Waals surface area (Å²) >= 11 is 0. The Kier molecular flexibility index (Phi) is 4.10. The van der Waals surface area contributed by atoms with Gasteiger partial charge >= 0.3 is 0 Å². The molecule has 0 saturated carbocycles. The number of benzene rings is 2. The van der Waals surface area contributed by atoms with Gasteiger partial charge in [0.05, 0.1) is 17.3 Å². The molecule has 2 aliphatic rings. The highest BCUT2D eigenvalue weighted by molar-refractivity contribution is 5.94. The minimum Gasteiger partial charge on any atom is -0.485 e. The van der Waals surface area contributed by atoms with E-state index in [1.54, 1.807) is 18.3 Å². The van der Waals surface area contributed by atoms with E-state index in [4.69, 9.17) is 4.74 Å². The molecule has 3 heterocycles. The van der Waals surface area contributed by atoms with Gasteiger partial charge in [0.15, 0.2) is 0 Å². The van der Waals surface area contributed by atoms with Crippen LogP contribution in [-0.2, 0) is 0 Å². The molecule has 0 fully saturated rings. The average molecular weight is 381 g/mol. The summed E-state index contributed by atoms with van der Waals surface area (Å²) in [5.74, 6) is 0.453. The molecule has 4 nitrogen and oxygen atoms in total. The Hall–Kier alpha value is -3.91. The molecule has 0 atom stereocenters. The first-order chi connectivity index (χ1) is 14.2. The first-order valence-corrected chi connectivity index (χ1v) is 9.29. The Labute approximate surface area is 167 Å². The van der Waals surface area contributed by atoms with Gasteiger partial charge in [-0.1, -0.05) is 18.2 Å². The Balaban J connectivity index is 1.71. The Bertz CT molecular complexity index is 1210. The molecular formula is C24H16FN3O. The maximum atomic E-state index is 13.5. The largest absolute Gasteiger partial charge is 0.485 e. The van der Waals surface area contributed by atoms with E-state index in [0.29, 0.717) is 18.7 Å². The van der Waals surface area contributed by atoms with Crippen molar-refractivity contribution in [3.63, 3.8) is 0 Å². The minimum atomic E-state index is -0.280. The highest BCUT2D eigenvalue weighted by Crippen LogP contribution is 2.41. The smallest absolute Gasteiger partial charge is 0.146 e. The van der Waals surface area contributed by atoms with E-state index >= 15 is 0 Å². The molecule has 0 bridgehead atoms. The fourth-order valence-electron chi connectivity index (χ4n) is 3.82. The molecule has 1 aromatic heterocycles. The van der Waals surface area contributed by atoms with Crippen molar-refractivity contribution in [2.75, 3.05) is 18.1 Å². The molecule has 2 aliphatic heterocycles. The van der Waals surface area contributed by atoms with E-state index in [1.807, 2.05) is 36.4 Å². The van der Waals surface area contributed by atoms with Crippen molar-refractivity contribution in [3.8, 4) is 11.8 Å². The zero-order valence-electron chi connectivity index (χ0n) is 15.5. The molecule has 0 saturated heterocycles. The fraction of sp³-hybridized carbons (Fsp3) is 0.0833. The van der Waals surface area contributed by atoms with Gasteiger partial charge in [0, 0.05) is 24.0 Å². The maximum Gasteiger partial charge on any atom is 0.146 e. The first kappa shape index (κ1) is 17.2. The molecule has 2 aromatic carbocycles. The lowest BCUT2D eigenvalue weighted by Gasteiger charge is -2.36. The van der Waals surface area contributed by atoms with Crippen LogP contribution >= 0.6 is 0 Å². The van der Waals surface area contributed by atoms with Crippen molar-refractivity contribution >= 4 is 16.8 Å². The van der Waals surface area contributed by atoms with Crippen LogP contribution in [0.1, 0.15) is 16.8 Å². The molecule has 5 rings (SSSR count). The predicted molar refractivity (Wildman–Crippen MR) is 110 cm³/mol. The van der Waals surface area contributed by atoms with Crippen LogP contribution in [0.2, 0.25) is 0 Å². The highest BCUT2D eigenvalue weighted by atomic mass is 19.1. The first-order valence-electron chi connectivity index (χ1n) is 9.29. The number of pyridine rings is 1. The number of fused-ring (bicyclic) bond motifs is 2. The topological polar surface area (TPSA) is 49.1 Å². The predicted octanol–water partition coefficient (Wildman–Crippen LogP) is 4.80. The summed E-state index contributed by atoms with van der Waals surface area (Å²) in [4.78, 5) is 6.64. The molecule has 3 aromatic rings. The van der Waals surface area contributed by atoms with Gasteiger partial charge in [0.25, 0.3) is 0 Å². The monoisotopic (exact) mass is 381 g/mol. The summed E-state index contributed by atoms with van der Waals surface area (Å²) < 4.78 is 19.4. The SMILES string of the molecule is N#Cc1ccccc1C1=CC2=C(COc3cccnc32)N(c2ccc(F)cc2)C1. The van der Waals surface area contributed by atoms with Crippen LogP contribution in [0, 0.1) is 17.1 Å². The van der Waals surface area contributed by atoms with Gasteiger partial charge < -0.3 is 9.64 Å². The Morgan fingerprint density at radius 1 is 1.03 bits per heavy atom. The van der Waals surface area contributed by atoms with Gasteiger partial charge in [-0.05, 0) is 59.7 Å². The summed E-state index contributed by atoms with van der Waals surface area (Å²) in [5.41, 5.74) is 6.08. The Morgan fingerprint density at radius 2 is 1.86 bits per heavy atom. The summed E-state index contributed by atoms with van der Waals surface area (Å²) in [6.45, 7) is 0.948. The number of hydrogen-bond donors (Lipinski definition) is 0. The minimum absolute atomic E-state index is 0.280. The van der Waals surface area contributed by atoms with E-state index in [-0.39, 0.29) is 5.82 Å². The lowest BCUT2D eigenvalue weighted by Crippen LogP contribution is -2.33. The van der Waals surface area contributed by atoms with Crippen molar-refractivity contribution in [1.29, 1.82) is 5.26 Å². The molecule has 0 N–H and O–H groups in total. The normalized spacial score (nSPS) is 15.0. The second-order valence-electron chi connectivity index (χ2n) is 6.89. The summed E-state index contributed by atoms with van der Waals surface area (Å²) in [6, 6.07) is 20.0. The van der Waals surface area contributed by atoms with Crippen LogP contribution in [-0.4, -0.2) is 18.1 Å². The highest BCUT2D eigenvalue weighted by Gasteiger charge is 2.30. The molecular weight excluding hydrogens is 365 g/mol. The molecule has 0 aliphatic carbocycles. The van der Waals surface area contributed by atoms with Crippen molar-refractivity contribution in [2.24, 2.45) is 0 Å². The number of ether oxygens (including phenoxy) is 1. The zero-order valence-corrected chi connectivity index (χ0v) is 15.5. The average Bonchev–Trinajstić information content (AvgIpc) is 2.78. The van der Waals surface area contributed by atoms with Crippen molar-refractivity contribution in [2.45, 2.75) is 0 Å². The summed E-state index contributed by atoms with van der Waals surface area (Å²) in [6.07, 6.45) is 3.84. The quantitative estimate of drug-likeness (QED) is 0.640. The fourth-order valence-corrected chi connectivity index (χ4v) is 3.82. The molecule has 0 amide bonds. The van der Waals surface area contributed by atoms with Crippen LogP contribution in [0.5, 0.6) is 5.75 Å². The number of anilines is 1. The molecule has 0 unspecified atom stereocenters. The van der Waals surface area contributed by atoms with E-state index in [9.17, 15) is 9.65 Å². The molecule has 29 heavy (non-hydrogen) atoms.